The maximum Gasteiger partial charge on any atom is 0.273 e. The SMILES string of the molecule is CCN(CC)C(=O)Cn1cc(C(=O)NCCC(c2ccccc2)c2ccccc2)nn1. The van der Waals surface area contributed by atoms with Gasteiger partial charge in [0.2, 0.25) is 5.91 Å². The summed E-state index contributed by atoms with van der Waals surface area (Å²) in [6, 6.07) is 20.6. The summed E-state index contributed by atoms with van der Waals surface area (Å²) in [6.07, 6.45) is 2.27. The van der Waals surface area contributed by atoms with Crippen molar-refractivity contribution in [2.45, 2.75) is 32.7 Å². The first-order valence-electron chi connectivity index (χ1n) is 10.7. The quantitative estimate of drug-likeness (QED) is 0.548. The molecule has 3 aromatic rings. The van der Waals surface area contributed by atoms with Crippen molar-refractivity contribution in [3.05, 3.63) is 83.7 Å². The molecule has 1 N–H and O–H groups in total. The zero-order chi connectivity index (χ0) is 22.1. The van der Waals surface area contributed by atoms with E-state index in [4.69, 9.17) is 0 Å². The molecule has 0 unspecified atom stereocenters. The molecule has 0 aliphatic carbocycles. The Kier molecular flexibility index (Phi) is 7.92. The van der Waals surface area contributed by atoms with Gasteiger partial charge >= 0.3 is 0 Å². The van der Waals surface area contributed by atoms with Gasteiger partial charge in [-0.2, -0.15) is 0 Å². The van der Waals surface area contributed by atoms with Crippen molar-refractivity contribution in [1.29, 1.82) is 0 Å². The Hall–Kier alpha value is -3.48. The van der Waals surface area contributed by atoms with Crippen LogP contribution in [0.2, 0.25) is 0 Å². The molecule has 7 heteroatoms. The number of carbonyl (C=O) groups excluding carboxylic acids is 2. The van der Waals surface area contributed by atoms with Crippen LogP contribution in [0.3, 0.4) is 0 Å². The fourth-order valence-electron chi connectivity index (χ4n) is 3.61. The van der Waals surface area contributed by atoms with Crippen LogP contribution < -0.4 is 5.32 Å². The van der Waals surface area contributed by atoms with Gasteiger partial charge in [-0.1, -0.05) is 65.9 Å². The second-order valence-corrected chi connectivity index (χ2v) is 7.29. The first-order chi connectivity index (χ1) is 15.1. The molecule has 7 nitrogen and oxygen atoms in total. The van der Waals surface area contributed by atoms with E-state index in [0.29, 0.717) is 19.6 Å². The monoisotopic (exact) mass is 419 g/mol. The fourth-order valence-corrected chi connectivity index (χ4v) is 3.61. The molecular weight excluding hydrogens is 390 g/mol. The number of hydrogen-bond acceptors (Lipinski definition) is 4. The van der Waals surface area contributed by atoms with E-state index in [9.17, 15) is 9.59 Å². The molecule has 0 radical (unpaired) electrons. The molecule has 2 aromatic carbocycles. The van der Waals surface area contributed by atoms with E-state index < -0.39 is 0 Å². The van der Waals surface area contributed by atoms with Crippen LogP contribution in [0.1, 0.15) is 47.8 Å². The molecule has 162 valence electrons. The molecule has 0 bridgehead atoms. The number of rotatable bonds is 10. The molecule has 1 aromatic heterocycles. The number of likely N-dealkylation sites (N-methyl/N-ethyl adjacent to an activating group) is 1. The number of benzene rings is 2. The first kappa shape index (κ1) is 22.2. The van der Waals surface area contributed by atoms with Gasteiger partial charge in [-0.25, -0.2) is 4.68 Å². The Balaban J connectivity index is 1.59. The van der Waals surface area contributed by atoms with Crippen LogP contribution in [-0.2, 0) is 11.3 Å². The maximum atomic E-state index is 12.5. The van der Waals surface area contributed by atoms with Crippen molar-refractivity contribution in [3.8, 4) is 0 Å². The average molecular weight is 420 g/mol. The number of aromatic nitrogens is 3. The molecule has 31 heavy (non-hydrogen) atoms. The summed E-state index contributed by atoms with van der Waals surface area (Å²) in [7, 11) is 0. The molecule has 2 amide bonds. The van der Waals surface area contributed by atoms with Gasteiger partial charge in [-0.3, -0.25) is 9.59 Å². The van der Waals surface area contributed by atoms with Gasteiger partial charge in [-0.05, 0) is 31.4 Å². The van der Waals surface area contributed by atoms with Crippen molar-refractivity contribution in [1.82, 2.24) is 25.2 Å². The van der Waals surface area contributed by atoms with Gasteiger partial charge < -0.3 is 10.2 Å². The molecule has 0 saturated carbocycles. The minimum absolute atomic E-state index is 0.0459. The lowest BCUT2D eigenvalue weighted by molar-refractivity contribution is -0.131. The van der Waals surface area contributed by atoms with Gasteiger partial charge in [0.25, 0.3) is 5.91 Å². The summed E-state index contributed by atoms with van der Waals surface area (Å²) in [6.45, 7) is 5.72. The number of nitrogens with zero attached hydrogens (tertiary/aromatic N) is 4. The molecule has 0 aliphatic rings. The number of carbonyl (C=O) groups is 2. The summed E-state index contributed by atoms with van der Waals surface area (Å²) in [5, 5.41) is 10.8. The van der Waals surface area contributed by atoms with E-state index in [1.54, 1.807) is 4.90 Å². The van der Waals surface area contributed by atoms with Gasteiger partial charge in [0, 0.05) is 25.6 Å². The summed E-state index contributed by atoms with van der Waals surface area (Å²) >= 11 is 0. The predicted molar refractivity (Wildman–Crippen MR) is 120 cm³/mol. The number of hydrogen-bond donors (Lipinski definition) is 1. The Morgan fingerprint density at radius 3 is 2.10 bits per heavy atom. The lowest BCUT2D eigenvalue weighted by Gasteiger charge is -2.18. The minimum Gasteiger partial charge on any atom is -0.351 e. The van der Waals surface area contributed by atoms with Crippen LogP contribution in [0.25, 0.3) is 0 Å². The highest BCUT2D eigenvalue weighted by Crippen LogP contribution is 2.27. The smallest absolute Gasteiger partial charge is 0.273 e. The van der Waals surface area contributed by atoms with E-state index in [2.05, 4.69) is 39.9 Å². The number of amides is 2. The highest BCUT2D eigenvalue weighted by atomic mass is 16.2. The third-order valence-electron chi connectivity index (χ3n) is 5.31. The fraction of sp³-hybridized carbons (Fsp3) is 0.333. The van der Waals surface area contributed by atoms with Crippen LogP contribution in [0.4, 0.5) is 0 Å². The lowest BCUT2D eigenvalue weighted by atomic mass is 9.88. The Labute approximate surface area is 183 Å². The molecular formula is C24H29N5O2. The van der Waals surface area contributed by atoms with Crippen LogP contribution in [0.15, 0.2) is 66.9 Å². The summed E-state index contributed by atoms with van der Waals surface area (Å²) in [5.41, 5.74) is 2.64. The summed E-state index contributed by atoms with van der Waals surface area (Å²) in [5.74, 6) is -0.151. The molecule has 0 aliphatic heterocycles. The minimum atomic E-state index is -0.290. The Morgan fingerprint density at radius 2 is 1.55 bits per heavy atom. The van der Waals surface area contributed by atoms with E-state index in [0.717, 1.165) is 6.42 Å². The summed E-state index contributed by atoms with van der Waals surface area (Å²) < 4.78 is 1.41. The topological polar surface area (TPSA) is 80.1 Å². The summed E-state index contributed by atoms with van der Waals surface area (Å²) in [4.78, 5) is 26.4. The number of nitrogens with one attached hydrogen (secondary N) is 1. The average Bonchev–Trinajstić information content (AvgIpc) is 3.27. The van der Waals surface area contributed by atoms with Gasteiger partial charge in [0.15, 0.2) is 5.69 Å². The Bertz CT molecular complexity index is 928. The molecule has 1 heterocycles. The van der Waals surface area contributed by atoms with Crippen LogP contribution in [0.5, 0.6) is 0 Å². The maximum absolute atomic E-state index is 12.5. The second-order valence-electron chi connectivity index (χ2n) is 7.29. The standard InChI is InChI=1S/C24H29N5O2/c1-3-28(4-2)23(30)18-29-17-22(26-27-29)24(31)25-16-15-21(19-11-7-5-8-12-19)20-13-9-6-10-14-20/h5-14,17,21H,3-4,15-16,18H2,1-2H3,(H,25,31). The highest BCUT2D eigenvalue weighted by Gasteiger charge is 2.17. The molecule has 3 rings (SSSR count). The van der Waals surface area contributed by atoms with Crippen LogP contribution in [-0.4, -0.2) is 51.3 Å². The van der Waals surface area contributed by atoms with E-state index in [1.807, 2.05) is 50.2 Å². The third-order valence-corrected chi connectivity index (χ3v) is 5.31. The van der Waals surface area contributed by atoms with Crippen molar-refractivity contribution in [2.24, 2.45) is 0 Å². The van der Waals surface area contributed by atoms with E-state index >= 15 is 0 Å². The van der Waals surface area contributed by atoms with Crippen molar-refractivity contribution in [2.75, 3.05) is 19.6 Å². The van der Waals surface area contributed by atoms with Crippen molar-refractivity contribution in [3.63, 3.8) is 0 Å². The van der Waals surface area contributed by atoms with E-state index in [-0.39, 0.29) is 30.0 Å². The van der Waals surface area contributed by atoms with Gasteiger partial charge in [0.1, 0.15) is 6.54 Å². The second kappa shape index (κ2) is 11.1. The predicted octanol–water partition coefficient (Wildman–Crippen LogP) is 3.10. The molecule has 0 fully saturated rings. The highest BCUT2D eigenvalue weighted by molar-refractivity contribution is 5.91. The zero-order valence-electron chi connectivity index (χ0n) is 18.1. The third kappa shape index (κ3) is 6.01. The largest absolute Gasteiger partial charge is 0.351 e. The lowest BCUT2D eigenvalue weighted by Crippen LogP contribution is -2.33. The van der Waals surface area contributed by atoms with Crippen molar-refractivity contribution < 1.29 is 9.59 Å². The Morgan fingerprint density at radius 1 is 0.968 bits per heavy atom. The molecule has 0 spiro atoms. The van der Waals surface area contributed by atoms with Crippen molar-refractivity contribution >= 4 is 11.8 Å². The zero-order valence-corrected chi connectivity index (χ0v) is 18.1. The molecule has 0 atom stereocenters. The van der Waals surface area contributed by atoms with Gasteiger partial charge in [0.05, 0.1) is 6.20 Å². The first-order valence-corrected chi connectivity index (χ1v) is 10.7. The van der Waals surface area contributed by atoms with Gasteiger partial charge in [-0.15, -0.1) is 5.10 Å². The van der Waals surface area contributed by atoms with E-state index in [1.165, 1.54) is 22.0 Å². The normalized spacial score (nSPS) is 10.8. The van der Waals surface area contributed by atoms with Crippen LogP contribution >= 0.6 is 0 Å². The molecule has 0 saturated heterocycles. The van der Waals surface area contributed by atoms with Crippen LogP contribution in [0, 0.1) is 0 Å².